The van der Waals surface area contributed by atoms with Gasteiger partial charge in [-0.1, -0.05) is 29.8 Å². The Morgan fingerprint density at radius 3 is 2.63 bits per heavy atom. The Balaban J connectivity index is 1.65. The van der Waals surface area contributed by atoms with E-state index < -0.39 is 26.6 Å². The molecule has 0 radical (unpaired) electrons. The Bertz CT molecular complexity index is 1370. The number of sulfone groups is 1. The third kappa shape index (κ3) is 2.70. The third-order valence-electron chi connectivity index (χ3n) is 5.64. The van der Waals surface area contributed by atoms with Crippen LogP contribution in [0.1, 0.15) is 23.0 Å². The van der Waals surface area contributed by atoms with Crippen LogP contribution in [0.4, 0.5) is 4.39 Å². The van der Waals surface area contributed by atoms with Crippen molar-refractivity contribution >= 4 is 32.3 Å². The fourth-order valence-corrected chi connectivity index (χ4v) is 6.17. The highest BCUT2D eigenvalue weighted by Crippen LogP contribution is 2.49. The Labute approximate surface area is 177 Å². The summed E-state index contributed by atoms with van der Waals surface area (Å²) >= 11 is 6.14. The molecule has 0 spiro atoms. The first-order valence-electron chi connectivity index (χ1n) is 9.39. The molecule has 4 aromatic rings. The van der Waals surface area contributed by atoms with Gasteiger partial charge in [0, 0.05) is 34.5 Å². The lowest BCUT2D eigenvalue weighted by atomic mass is 9.98. The minimum Gasteiger partial charge on any atom is -0.421 e. The van der Waals surface area contributed by atoms with Crippen LogP contribution in [0.25, 0.3) is 10.9 Å². The lowest BCUT2D eigenvalue weighted by molar-refractivity contribution is 0.137. The molecule has 0 fully saturated rings. The van der Waals surface area contributed by atoms with Gasteiger partial charge in [-0.15, -0.1) is 10.2 Å². The number of nitrogens with one attached hydrogen (secondary N) is 1. The molecule has 30 heavy (non-hydrogen) atoms. The van der Waals surface area contributed by atoms with Crippen molar-refractivity contribution in [3.8, 4) is 0 Å². The Kier molecular flexibility index (Phi) is 4.27. The summed E-state index contributed by atoms with van der Waals surface area (Å²) in [6, 6.07) is 13.0. The number of hydrogen-bond donors (Lipinski definition) is 1. The van der Waals surface area contributed by atoms with Crippen molar-refractivity contribution in [1.82, 2.24) is 15.2 Å². The van der Waals surface area contributed by atoms with Crippen LogP contribution in [0.3, 0.4) is 0 Å². The number of fused-ring (bicyclic) bond motifs is 3. The second-order valence-corrected chi connectivity index (χ2v) is 9.97. The van der Waals surface area contributed by atoms with Crippen molar-refractivity contribution in [2.75, 3.05) is 0 Å². The van der Waals surface area contributed by atoms with E-state index in [2.05, 4.69) is 15.2 Å². The van der Waals surface area contributed by atoms with Gasteiger partial charge in [0.15, 0.2) is 0 Å². The van der Waals surface area contributed by atoms with Crippen LogP contribution < -0.4 is 0 Å². The second kappa shape index (κ2) is 6.65. The molecule has 0 aliphatic heterocycles. The molecule has 1 aliphatic rings. The summed E-state index contributed by atoms with van der Waals surface area (Å²) in [5, 5.41) is 6.01. The largest absolute Gasteiger partial charge is 0.421 e. The average molecular weight is 446 g/mol. The average Bonchev–Trinajstić information content (AvgIpc) is 3.43. The zero-order valence-corrected chi connectivity index (χ0v) is 17.5. The molecular formula is C21H17ClFN3O3S. The topological polar surface area (TPSA) is 88.9 Å². The molecule has 2 heterocycles. The molecule has 2 aromatic heterocycles. The SMILES string of the molecule is Cc1nnc(C(F)(C2Cc3[nH]c4ccc(Cl)cc4c3C2)S(=O)(=O)c2ccccc2)o1. The molecule has 0 amide bonds. The Morgan fingerprint density at radius 1 is 1.17 bits per heavy atom. The van der Waals surface area contributed by atoms with E-state index in [1.165, 1.54) is 19.1 Å². The van der Waals surface area contributed by atoms with Crippen molar-refractivity contribution in [2.45, 2.75) is 29.7 Å². The highest BCUT2D eigenvalue weighted by Gasteiger charge is 2.59. The minimum atomic E-state index is -4.48. The first kappa shape index (κ1) is 19.3. The van der Waals surface area contributed by atoms with E-state index in [1.807, 2.05) is 6.07 Å². The summed E-state index contributed by atoms with van der Waals surface area (Å²) in [4.78, 5) is 3.13. The van der Waals surface area contributed by atoms with Crippen molar-refractivity contribution < 1.29 is 17.2 Å². The molecule has 2 atom stereocenters. The van der Waals surface area contributed by atoms with Crippen LogP contribution in [0.5, 0.6) is 0 Å². The molecule has 1 aliphatic carbocycles. The van der Waals surface area contributed by atoms with Crippen LogP contribution in [0.15, 0.2) is 57.8 Å². The maximum Gasteiger partial charge on any atom is 0.294 e. The summed E-state index contributed by atoms with van der Waals surface area (Å²) in [6.45, 7) is 1.50. The van der Waals surface area contributed by atoms with E-state index in [-0.39, 0.29) is 23.6 Å². The fourth-order valence-electron chi connectivity index (χ4n) is 4.23. The Morgan fingerprint density at radius 2 is 1.93 bits per heavy atom. The molecule has 5 rings (SSSR count). The molecule has 2 unspecified atom stereocenters. The molecule has 0 saturated carbocycles. The van der Waals surface area contributed by atoms with Gasteiger partial charge in [-0.25, -0.2) is 12.8 Å². The zero-order chi connectivity index (χ0) is 21.1. The number of aromatic nitrogens is 3. The minimum absolute atomic E-state index is 0.101. The van der Waals surface area contributed by atoms with Crippen molar-refractivity contribution in [3.63, 3.8) is 0 Å². The van der Waals surface area contributed by atoms with Gasteiger partial charge in [-0.2, -0.15) is 0 Å². The van der Waals surface area contributed by atoms with E-state index in [0.717, 1.165) is 22.2 Å². The van der Waals surface area contributed by atoms with E-state index >= 15 is 4.39 Å². The van der Waals surface area contributed by atoms with Crippen molar-refractivity contribution in [2.24, 2.45) is 5.92 Å². The molecular weight excluding hydrogens is 429 g/mol. The van der Waals surface area contributed by atoms with Gasteiger partial charge in [0.1, 0.15) is 0 Å². The number of alkyl halides is 1. The van der Waals surface area contributed by atoms with Gasteiger partial charge in [0.25, 0.3) is 10.9 Å². The summed E-state index contributed by atoms with van der Waals surface area (Å²) in [5.74, 6) is -1.38. The maximum absolute atomic E-state index is 16.8. The number of aromatic amines is 1. The van der Waals surface area contributed by atoms with E-state index in [0.29, 0.717) is 5.02 Å². The van der Waals surface area contributed by atoms with Gasteiger partial charge >= 0.3 is 0 Å². The van der Waals surface area contributed by atoms with Crippen LogP contribution in [-0.4, -0.2) is 23.6 Å². The molecule has 1 N–H and O–H groups in total. The number of nitrogens with zero attached hydrogens (tertiary/aromatic N) is 2. The van der Waals surface area contributed by atoms with Gasteiger partial charge in [-0.05, 0) is 48.7 Å². The summed E-state index contributed by atoms with van der Waals surface area (Å²) in [5.41, 5.74) is 2.53. The quantitative estimate of drug-likeness (QED) is 0.498. The highest BCUT2D eigenvalue weighted by atomic mass is 35.5. The smallest absolute Gasteiger partial charge is 0.294 e. The predicted molar refractivity (Wildman–Crippen MR) is 110 cm³/mol. The number of aryl methyl sites for hydroxylation is 1. The third-order valence-corrected chi connectivity index (χ3v) is 8.06. The van der Waals surface area contributed by atoms with Crippen LogP contribution >= 0.6 is 11.6 Å². The maximum atomic E-state index is 16.8. The monoisotopic (exact) mass is 445 g/mol. The summed E-state index contributed by atoms with van der Waals surface area (Å²) < 4.78 is 49.2. The number of rotatable bonds is 4. The first-order valence-corrected chi connectivity index (χ1v) is 11.2. The molecule has 6 nitrogen and oxygen atoms in total. The number of benzene rings is 2. The molecule has 0 saturated heterocycles. The normalized spacial score (nSPS) is 18.4. The first-order chi connectivity index (χ1) is 14.3. The van der Waals surface area contributed by atoms with Gasteiger partial charge < -0.3 is 9.40 Å². The van der Waals surface area contributed by atoms with E-state index in [9.17, 15) is 8.42 Å². The molecule has 9 heteroatoms. The van der Waals surface area contributed by atoms with Gasteiger partial charge in [0.05, 0.1) is 4.90 Å². The highest BCUT2D eigenvalue weighted by molar-refractivity contribution is 7.92. The van der Waals surface area contributed by atoms with Gasteiger partial charge in [-0.3, -0.25) is 0 Å². The zero-order valence-electron chi connectivity index (χ0n) is 15.9. The lowest BCUT2D eigenvalue weighted by Gasteiger charge is -2.28. The van der Waals surface area contributed by atoms with E-state index in [1.54, 1.807) is 30.3 Å². The molecule has 2 aromatic carbocycles. The van der Waals surface area contributed by atoms with E-state index in [4.69, 9.17) is 16.0 Å². The van der Waals surface area contributed by atoms with Crippen molar-refractivity contribution in [3.05, 3.63) is 76.6 Å². The summed E-state index contributed by atoms with van der Waals surface area (Å²) in [6.07, 6.45) is 0.380. The summed E-state index contributed by atoms with van der Waals surface area (Å²) in [7, 11) is -4.48. The number of halogens is 2. The second-order valence-electron chi connectivity index (χ2n) is 7.46. The number of H-pyrrole nitrogens is 1. The van der Waals surface area contributed by atoms with Crippen LogP contribution in [0.2, 0.25) is 5.02 Å². The standard InChI is InChI=1S/C21H17ClFN3O3S/c1-12-25-26-20(29-12)21(23,30(27,28)15-5-3-2-4-6-15)13-9-16-17-11-14(22)7-8-18(17)24-19(16)10-13/h2-8,11,13,24H,9-10H2,1H3. The molecule has 154 valence electrons. The Hall–Kier alpha value is -2.71. The van der Waals surface area contributed by atoms with Gasteiger partial charge in [0.2, 0.25) is 15.7 Å². The molecule has 0 bridgehead atoms. The fraction of sp³-hybridized carbons (Fsp3) is 0.238. The van der Waals surface area contributed by atoms with Crippen LogP contribution in [-0.2, 0) is 27.7 Å². The van der Waals surface area contributed by atoms with Crippen molar-refractivity contribution in [1.29, 1.82) is 0 Å². The lowest BCUT2D eigenvalue weighted by Crippen LogP contribution is -2.40. The predicted octanol–water partition coefficient (Wildman–Crippen LogP) is 4.52. The van der Waals surface area contributed by atoms with Crippen LogP contribution in [0, 0.1) is 12.8 Å². The number of hydrogen-bond acceptors (Lipinski definition) is 5.